The number of nitrogens with one attached hydrogen (secondary N) is 1. The van der Waals surface area contributed by atoms with Crippen LogP contribution >= 0.6 is 11.8 Å². The van der Waals surface area contributed by atoms with E-state index < -0.39 is 10.0 Å². The van der Waals surface area contributed by atoms with Crippen molar-refractivity contribution >= 4 is 39.1 Å². The summed E-state index contributed by atoms with van der Waals surface area (Å²) < 4.78 is 30.3. The van der Waals surface area contributed by atoms with E-state index in [-0.39, 0.29) is 17.2 Å². The second-order valence-electron chi connectivity index (χ2n) is 6.35. The number of hydrogen-bond donors (Lipinski definition) is 1. The highest BCUT2D eigenvalue weighted by atomic mass is 32.2. The Morgan fingerprint density at radius 2 is 1.93 bits per heavy atom. The maximum atomic E-state index is 12.9. The van der Waals surface area contributed by atoms with Gasteiger partial charge < -0.3 is 9.47 Å². The number of nitrogens with zero attached hydrogens (tertiary/aromatic N) is 4. The van der Waals surface area contributed by atoms with Gasteiger partial charge in [-0.3, -0.25) is 9.52 Å². The van der Waals surface area contributed by atoms with Crippen LogP contribution in [0, 0.1) is 0 Å². The Kier molecular flexibility index (Phi) is 4.60. The topological polar surface area (TPSA) is 97.2 Å². The molecule has 1 N–H and O–H groups in total. The average molecular weight is 416 g/mol. The van der Waals surface area contributed by atoms with E-state index >= 15 is 0 Å². The number of aryl methyl sites for hydroxylation is 1. The van der Waals surface area contributed by atoms with Crippen molar-refractivity contribution in [2.75, 3.05) is 16.7 Å². The lowest BCUT2D eigenvalue weighted by Gasteiger charge is -2.13. The minimum atomic E-state index is -3.82. The molecule has 4 rings (SSSR count). The van der Waals surface area contributed by atoms with Crippen molar-refractivity contribution < 1.29 is 13.2 Å². The second kappa shape index (κ2) is 6.95. The molecule has 0 spiro atoms. The van der Waals surface area contributed by atoms with Gasteiger partial charge in [-0.15, -0.1) is 10.2 Å². The van der Waals surface area contributed by atoms with Crippen LogP contribution in [0.15, 0.2) is 63.7 Å². The van der Waals surface area contributed by atoms with E-state index in [0.717, 1.165) is 5.69 Å². The first-order chi connectivity index (χ1) is 13.3. The van der Waals surface area contributed by atoms with Crippen molar-refractivity contribution in [3.63, 3.8) is 0 Å². The Balaban J connectivity index is 1.64. The molecule has 1 amide bonds. The molecule has 3 aromatic rings. The molecule has 0 radical (unpaired) electrons. The number of amides is 1. The predicted octanol–water partition coefficient (Wildman–Crippen LogP) is 2.29. The van der Waals surface area contributed by atoms with E-state index in [0.29, 0.717) is 21.3 Å². The highest BCUT2D eigenvalue weighted by Gasteiger charge is 2.26. The Bertz CT molecular complexity index is 1170. The molecule has 2 aromatic carbocycles. The van der Waals surface area contributed by atoms with Crippen LogP contribution in [0.1, 0.15) is 5.56 Å². The average Bonchev–Trinajstić information content (AvgIpc) is 3.19. The Labute approximate surface area is 166 Å². The molecule has 2 heterocycles. The molecule has 1 aliphatic heterocycles. The SMILES string of the molecule is CN1C(=O)Cc2cc(S(=O)(=O)Nc3ccccc3Sc3nncn3C)ccc21. The summed E-state index contributed by atoms with van der Waals surface area (Å²) in [5, 5.41) is 8.50. The van der Waals surface area contributed by atoms with Crippen LogP contribution in [0.3, 0.4) is 0 Å². The van der Waals surface area contributed by atoms with Gasteiger partial charge in [0.1, 0.15) is 6.33 Å². The van der Waals surface area contributed by atoms with Gasteiger partial charge >= 0.3 is 0 Å². The second-order valence-corrected chi connectivity index (χ2v) is 9.04. The van der Waals surface area contributed by atoms with Crippen molar-refractivity contribution in [2.24, 2.45) is 7.05 Å². The van der Waals surface area contributed by atoms with Crippen molar-refractivity contribution in [3.8, 4) is 0 Å². The Morgan fingerprint density at radius 1 is 1.14 bits per heavy atom. The number of rotatable bonds is 5. The van der Waals surface area contributed by atoms with E-state index in [2.05, 4.69) is 14.9 Å². The number of likely N-dealkylation sites (N-methyl/N-ethyl adjacent to an activating group) is 1. The molecule has 0 fully saturated rings. The fraction of sp³-hybridized carbons (Fsp3) is 0.167. The summed E-state index contributed by atoms with van der Waals surface area (Å²) in [6.07, 6.45) is 1.78. The maximum absolute atomic E-state index is 12.9. The molecule has 28 heavy (non-hydrogen) atoms. The number of carbonyl (C=O) groups excluding carboxylic acids is 1. The van der Waals surface area contributed by atoms with Crippen LogP contribution in [0.25, 0.3) is 0 Å². The quantitative estimate of drug-likeness (QED) is 0.687. The minimum absolute atomic E-state index is 0.0528. The maximum Gasteiger partial charge on any atom is 0.261 e. The molecule has 8 nitrogen and oxygen atoms in total. The van der Waals surface area contributed by atoms with Gasteiger partial charge in [0.2, 0.25) is 5.91 Å². The van der Waals surface area contributed by atoms with Gasteiger partial charge in [-0.1, -0.05) is 12.1 Å². The van der Waals surface area contributed by atoms with Crippen LogP contribution in [0.4, 0.5) is 11.4 Å². The molecule has 1 aromatic heterocycles. The molecule has 0 aliphatic carbocycles. The van der Waals surface area contributed by atoms with Gasteiger partial charge in [-0.2, -0.15) is 0 Å². The van der Waals surface area contributed by atoms with Crippen LogP contribution < -0.4 is 9.62 Å². The van der Waals surface area contributed by atoms with Crippen molar-refractivity contribution in [3.05, 3.63) is 54.4 Å². The Morgan fingerprint density at radius 3 is 2.68 bits per heavy atom. The molecule has 0 saturated carbocycles. The summed E-state index contributed by atoms with van der Waals surface area (Å²) in [6.45, 7) is 0. The van der Waals surface area contributed by atoms with Crippen LogP contribution in [0.5, 0.6) is 0 Å². The number of sulfonamides is 1. The smallest absolute Gasteiger partial charge is 0.261 e. The molecule has 144 valence electrons. The van der Waals surface area contributed by atoms with Crippen LogP contribution in [-0.2, 0) is 28.3 Å². The number of fused-ring (bicyclic) bond motifs is 1. The van der Waals surface area contributed by atoms with Crippen molar-refractivity contribution in [2.45, 2.75) is 21.4 Å². The first-order valence-corrected chi connectivity index (χ1v) is 10.7. The third kappa shape index (κ3) is 3.36. The normalized spacial score (nSPS) is 13.6. The third-order valence-electron chi connectivity index (χ3n) is 4.44. The van der Waals surface area contributed by atoms with Gasteiger partial charge in [-0.05, 0) is 47.7 Å². The number of aromatic nitrogens is 3. The van der Waals surface area contributed by atoms with E-state index in [1.54, 1.807) is 42.2 Å². The summed E-state index contributed by atoms with van der Waals surface area (Å²) >= 11 is 1.32. The summed E-state index contributed by atoms with van der Waals surface area (Å²) in [6, 6.07) is 11.8. The molecule has 0 bridgehead atoms. The molecule has 10 heteroatoms. The molecule has 0 saturated heterocycles. The van der Waals surface area contributed by atoms with E-state index in [1.807, 2.05) is 19.2 Å². The van der Waals surface area contributed by atoms with Crippen molar-refractivity contribution in [1.29, 1.82) is 0 Å². The third-order valence-corrected chi connectivity index (χ3v) is 6.93. The predicted molar refractivity (Wildman–Crippen MR) is 106 cm³/mol. The van der Waals surface area contributed by atoms with Gasteiger partial charge in [0, 0.05) is 24.7 Å². The van der Waals surface area contributed by atoms with Gasteiger partial charge in [0.15, 0.2) is 5.16 Å². The lowest BCUT2D eigenvalue weighted by Crippen LogP contribution is -2.20. The van der Waals surface area contributed by atoms with E-state index in [9.17, 15) is 13.2 Å². The number of hydrogen-bond acceptors (Lipinski definition) is 6. The van der Waals surface area contributed by atoms with Gasteiger partial charge in [-0.25, -0.2) is 8.42 Å². The summed E-state index contributed by atoms with van der Waals surface area (Å²) in [7, 11) is -0.319. The number of para-hydroxylation sites is 1. The summed E-state index contributed by atoms with van der Waals surface area (Å²) in [5.74, 6) is -0.0528. The highest BCUT2D eigenvalue weighted by Crippen LogP contribution is 2.34. The molecule has 0 atom stereocenters. The lowest BCUT2D eigenvalue weighted by molar-refractivity contribution is -0.117. The molecular weight excluding hydrogens is 398 g/mol. The fourth-order valence-corrected chi connectivity index (χ4v) is 4.97. The fourth-order valence-electron chi connectivity index (χ4n) is 2.92. The lowest BCUT2D eigenvalue weighted by atomic mass is 10.2. The van der Waals surface area contributed by atoms with Gasteiger partial charge in [0.05, 0.1) is 17.0 Å². The van der Waals surface area contributed by atoms with E-state index in [4.69, 9.17) is 0 Å². The molecule has 1 aliphatic rings. The number of anilines is 2. The monoisotopic (exact) mass is 415 g/mol. The van der Waals surface area contributed by atoms with Crippen LogP contribution in [-0.4, -0.2) is 36.1 Å². The molecule has 0 unspecified atom stereocenters. The zero-order valence-corrected chi connectivity index (χ0v) is 16.8. The van der Waals surface area contributed by atoms with Gasteiger partial charge in [0.25, 0.3) is 10.0 Å². The first kappa shape index (κ1) is 18.5. The van der Waals surface area contributed by atoms with Crippen molar-refractivity contribution in [1.82, 2.24) is 14.8 Å². The first-order valence-electron chi connectivity index (χ1n) is 8.38. The zero-order valence-electron chi connectivity index (χ0n) is 15.2. The number of benzene rings is 2. The summed E-state index contributed by atoms with van der Waals surface area (Å²) in [5.41, 5.74) is 1.89. The zero-order chi connectivity index (χ0) is 19.9. The standard InChI is InChI=1S/C18H17N5O3S2/c1-22-11-19-20-18(22)27-16-6-4-3-5-14(16)21-28(25,26)13-7-8-15-12(9-13)10-17(24)23(15)2/h3-9,11,21H,10H2,1-2H3. The largest absolute Gasteiger partial charge is 0.315 e. The number of carbonyl (C=O) groups is 1. The van der Waals surface area contributed by atoms with Crippen LogP contribution in [0.2, 0.25) is 0 Å². The summed E-state index contributed by atoms with van der Waals surface area (Å²) in [4.78, 5) is 14.2. The van der Waals surface area contributed by atoms with E-state index in [1.165, 1.54) is 22.7 Å². The highest BCUT2D eigenvalue weighted by molar-refractivity contribution is 7.99. The molecular formula is C18H17N5O3S2. The Hall–Kier alpha value is -2.85. The minimum Gasteiger partial charge on any atom is -0.315 e.